The molecular weight excluding hydrogens is 420 g/mol. The van der Waals surface area contributed by atoms with Crippen LogP contribution < -0.4 is 20.8 Å². The fraction of sp³-hybridized carbons (Fsp3) is 0.280. The molecule has 0 radical (unpaired) electrons. The summed E-state index contributed by atoms with van der Waals surface area (Å²) in [4.78, 5) is 11.0. The second-order valence-electron chi connectivity index (χ2n) is 8.74. The minimum atomic E-state index is -2.76. The number of methoxy groups -OCH3 is 1. The fourth-order valence-electron chi connectivity index (χ4n) is 4.27. The van der Waals surface area contributed by atoms with Gasteiger partial charge >= 0.3 is 5.69 Å². The van der Waals surface area contributed by atoms with Crippen molar-refractivity contribution in [2.24, 2.45) is 5.73 Å². The largest absolute Gasteiger partial charge is 0.490 e. The van der Waals surface area contributed by atoms with E-state index in [-0.39, 0.29) is 23.1 Å². The van der Waals surface area contributed by atoms with Crippen LogP contribution in [0, 0.1) is 10.1 Å². The van der Waals surface area contributed by atoms with Crippen molar-refractivity contribution in [2.45, 2.75) is 31.9 Å². The Kier molecular flexibility index (Phi) is 7.13. The van der Waals surface area contributed by atoms with E-state index in [1.165, 1.54) is 13.2 Å². The Morgan fingerprint density at radius 2 is 1.47 bits per heavy atom. The van der Waals surface area contributed by atoms with Gasteiger partial charge in [0.1, 0.15) is 0 Å². The number of rotatable bonds is 8. The van der Waals surface area contributed by atoms with Crippen molar-refractivity contribution >= 4 is 24.4 Å². The highest BCUT2D eigenvalue weighted by Crippen LogP contribution is 2.38. The van der Waals surface area contributed by atoms with E-state index in [1.54, 1.807) is 12.1 Å². The third-order valence-electron chi connectivity index (χ3n) is 5.72. The van der Waals surface area contributed by atoms with E-state index < -0.39 is 19.3 Å². The Labute approximate surface area is 190 Å². The molecule has 0 aromatic heterocycles. The minimum absolute atomic E-state index is 0.106. The second-order valence-corrected chi connectivity index (χ2v) is 13.0. The normalized spacial score (nSPS) is 12.9. The van der Waals surface area contributed by atoms with Crippen LogP contribution in [0.3, 0.4) is 0 Å². The maximum absolute atomic E-state index is 11.4. The first kappa shape index (κ1) is 23.7. The van der Waals surface area contributed by atoms with Gasteiger partial charge in [0.25, 0.3) is 8.32 Å². The lowest BCUT2D eigenvalue weighted by atomic mass is 10.1. The molecule has 3 aromatic carbocycles. The van der Waals surface area contributed by atoms with Gasteiger partial charge in [-0.25, -0.2) is 0 Å². The Bertz CT molecular complexity index is 1010. The van der Waals surface area contributed by atoms with Gasteiger partial charge < -0.3 is 14.9 Å². The van der Waals surface area contributed by atoms with Gasteiger partial charge in [-0.15, -0.1) is 0 Å². The van der Waals surface area contributed by atoms with Crippen LogP contribution in [0.2, 0.25) is 5.04 Å². The van der Waals surface area contributed by atoms with Crippen LogP contribution in [0.4, 0.5) is 5.69 Å². The second kappa shape index (κ2) is 9.64. The van der Waals surface area contributed by atoms with Crippen molar-refractivity contribution in [1.29, 1.82) is 0 Å². The summed E-state index contributed by atoms with van der Waals surface area (Å²) >= 11 is 0. The summed E-state index contributed by atoms with van der Waals surface area (Å²) in [5.74, 6) is 0.177. The standard InChI is InChI=1S/C25H30N2O4Si/c1-25(2,3)32(19-12-7-5-8-13-19,20-14-9-6-10-15-20)31-18-22(26)21-16-11-17-23(27(28)29)24(21)30-4/h5-17,22H,18,26H2,1-4H3/t22-/m0/s1. The monoisotopic (exact) mass is 450 g/mol. The first-order valence-corrected chi connectivity index (χ1v) is 12.4. The van der Waals surface area contributed by atoms with Crippen molar-refractivity contribution in [3.8, 4) is 5.75 Å². The lowest BCUT2D eigenvalue weighted by molar-refractivity contribution is -0.385. The molecule has 0 aliphatic rings. The summed E-state index contributed by atoms with van der Waals surface area (Å²) in [5, 5.41) is 13.5. The average Bonchev–Trinajstić information content (AvgIpc) is 2.79. The van der Waals surface area contributed by atoms with Gasteiger partial charge in [0.2, 0.25) is 5.75 Å². The fourth-order valence-corrected chi connectivity index (χ4v) is 8.85. The molecule has 0 amide bonds. The van der Waals surface area contributed by atoms with E-state index in [4.69, 9.17) is 14.9 Å². The van der Waals surface area contributed by atoms with Crippen LogP contribution in [-0.4, -0.2) is 27.0 Å². The molecule has 2 N–H and O–H groups in total. The zero-order valence-corrected chi connectivity index (χ0v) is 19.9. The zero-order chi connectivity index (χ0) is 23.4. The predicted octanol–water partition coefficient (Wildman–Crippen LogP) is 4.18. The molecule has 0 bridgehead atoms. The number of nitro groups is 1. The lowest BCUT2D eigenvalue weighted by Gasteiger charge is -2.43. The van der Waals surface area contributed by atoms with Crippen molar-refractivity contribution in [3.05, 3.63) is 94.5 Å². The Balaban J connectivity index is 2.06. The minimum Gasteiger partial charge on any atom is -0.490 e. The SMILES string of the molecule is COc1c([C@@H](N)CO[Si](c2ccccc2)(c2ccccc2)C(C)(C)C)cccc1[N+](=O)[O-]. The summed E-state index contributed by atoms with van der Waals surface area (Å²) in [6, 6.07) is 24.8. The number of nitrogens with zero attached hydrogens (tertiary/aromatic N) is 1. The molecule has 0 saturated heterocycles. The van der Waals surface area contributed by atoms with Crippen LogP contribution in [0.1, 0.15) is 32.4 Å². The van der Waals surface area contributed by atoms with Gasteiger partial charge in [-0.1, -0.05) is 93.6 Å². The van der Waals surface area contributed by atoms with E-state index in [9.17, 15) is 10.1 Å². The van der Waals surface area contributed by atoms with E-state index in [0.717, 1.165) is 10.4 Å². The number of nitrogens with two attached hydrogens (primary N) is 1. The lowest BCUT2D eigenvalue weighted by Crippen LogP contribution is -2.67. The first-order chi connectivity index (χ1) is 15.2. The third kappa shape index (κ3) is 4.45. The number of hydrogen-bond donors (Lipinski definition) is 1. The smallest absolute Gasteiger partial charge is 0.311 e. The maximum atomic E-state index is 11.4. The summed E-state index contributed by atoms with van der Waals surface area (Å²) in [6.45, 7) is 6.78. The van der Waals surface area contributed by atoms with E-state index >= 15 is 0 Å². The van der Waals surface area contributed by atoms with Crippen LogP contribution in [-0.2, 0) is 4.43 Å². The van der Waals surface area contributed by atoms with Gasteiger partial charge in [0, 0.05) is 11.6 Å². The average molecular weight is 451 g/mol. The molecule has 168 valence electrons. The Morgan fingerprint density at radius 3 is 1.91 bits per heavy atom. The van der Waals surface area contributed by atoms with Crippen molar-refractivity contribution < 1.29 is 14.1 Å². The molecule has 3 aromatic rings. The van der Waals surface area contributed by atoms with Gasteiger partial charge in [0.15, 0.2) is 0 Å². The van der Waals surface area contributed by atoms with Crippen molar-refractivity contribution in [1.82, 2.24) is 0 Å². The molecule has 1 atom stereocenters. The highest BCUT2D eigenvalue weighted by molar-refractivity contribution is 6.99. The molecular formula is C25H30N2O4Si. The molecule has 0 spiro atoms. The molecule has 0 saturated carbocycles. The quantitative estimate of drug-likeness (QED) is 0.316. The molecule has 6 nitrogen and oxygen atoms in total. The number of nitro benzene ring substituents is 1. The molecule has 0 unspecified atom stereocenters. The number of ether oxygens (including phenoxy) is 1. The number of hydrogen-bond acceptors (Lipinski definition) is 5. The van der Waals surface area contributed by atoms with Crippen molar-refractivity contribution in [3.63, 3.8) is 0 Å². The van der Waals surface area contributed by atoms with Crippen molar-refractivity contribution in [2.75, 3.05) is 13.7 Å². The van der Waals surface area contributed by atoms with Crippen LogP contribution >= 0.6 is 0 Å². The predicted molar refractivity (Wildman–Crippen MR) is 130 cm³/mol. The molecule has 0 aliphatic heterocycles. The maximum Gasteiger partial charge on any atom is 0.311 e. The molecule has 3 rings (SSSR count). The topological polar surface area (TPSA) is 87.6 Å². The van der Waals surface area contributed by atoms with Gasteiger partial charge in [-0.2, -0.15) is 0 Å². The third-order valence-corrected chi connectivity index (χ3v) is 10.7. The Morgan fingerprint density at radius 1 is 0.938 bits per heavy atom. The highest BCUT2D eigenvalue weighted by atomic mass is 28.4. The molecule has 32 heavy (non-hydrogen) atoms. The van der Waals surface area contributed by atoms with E-state index in [2.05, 4.69) is 45.0 Å². The van der Waals surface area contributed by atoms with Crippen LogP contribution in [0.5, 0.6) is 5.75 Å². The van der Waals surface area contributed by atoms with Crippen LogP contribution in [0.25, 0.3) is 0 Å². The highest BCUT2D eigenvalue weighted by Gasteiger charge is 2.50. The zero-order valence-electron chi connectivity index (χ0n) is 18.9. The van der Waals surface area contributed by atoms with Gasteiger partial charge in [-0.05, 0) is 15.4 Å². The Hall–Kier alpha value is -3.00. The summed E-state index contributed by atoms with van der Waals surface area (Å²) < 4.78 is 12.2. The molecule has 0 heterocycles. The van der Waals surface area contributed by atoms with E-state index in [1.807, 2.05) is 36.4 Å². The number of benzene rings is 3. The van der Waals surface area contributed by atoms with Gasteiger partial charge in [-0.3, -0.25) is 10.1 Å². The van der Waals surface area contributed by atoms with Gasteiger partial charge in [0.05, 0.1) is 24.7 Å². The van der Waals surface area contributed by atoms with Crippen LogP contribution in [0.15, 0.2) is 78.9 Å². The molecule has 0 aliphatic carbocycles. The molecule has 7 heteroatoms. The summed E-state index contributed by atoms with van der Waals surface area (Å²) in [5.41, 5.74) is 6.99. The molecule has 0 fully saturated rings. The number of para-hydroxylation sites is 1. The van der Waals surface area contributed by atoms with E-state index in [0.29, 0.717) is 5.56 Å². The summed E-state index contributed by atoms with van der Waals surface area (Å²) in [7, 11) is -1.34. The summed E-state index contributed by atoms with van der Waals surface area (Å²) in [6.07, 6.45) is 0. The first-order valence-electron chi connectivity index (χ1n) is 10.5.